The number of carbonyl (C=O) groups excluding carboxylic acids is 2. The molecular weight excluding hydrogens is 400 g/mol. The molecule has 5 N–H and O–H groups in total. The van der Waals surface area contributed by atoms with E-state index >= 15 is 0 Å². The van der Waals surface area contributed by atoms with Crippen molar-refractivity contribution in [1.29, 1.82) is 0 Å². The maximum Gasteiger partial charge on any atom is 0.323 e. The van der Waals surface area contributed by atoms with E-state index in [4.69, 9.17) is 5.73 Å². The summed E-state index contributed by atoms with van der Waals surface area (Å²) in [5, 5.41) is 8.65. The molecule has 0 spiro atoms. The van der Waals surface area contributed by atoms with E-state index in [1.807, 2.05) is 62.4 Å². The first-order valence-electron chi connectivity index (χ1n) is 10.1. The number of nitrogens with one attached hydrogen (secondary N) is 3. The number of urea groups is 1. The third-order valence-electron chi connectivity index (χ3n) is 5.50. The van der Waals surface area contributed by atoms with Gasteiger partial charge in [-0.05, 0) is 62.1 Å². The molecule has 3 amide bonds. The van der Waals surface area contributed by atoms with Gasteiger partial charge >= 0.3 is 6.03 Å². The summed E-state index contributed by atoms with van der Waals surface area (Å²) in [5.41, 5.74) is 9.29. The zero-order chi connectivity index (χ0) is 20.9. The molecule has 1 saturated carbocycles. The second-order valence-electron chi connectivity index (χ2n) is 8.17. The van der Waals surface area contributed by atoms with Crippen molar-refractivity contribution in [1.82, 2.24) is 5.32 Å². The van der Waals surface area contributed by atoms with Gasteiger partial charge < -0.3 is 21.7 Å². The fourth-order valence-corrected chi connectivity index (χ4v) is 3.88. The second-order valence-corrected chi connectivity index (χ2v) is 8.17. The smallest absolute Gasteiger partial charge is 0.323 e. The van der Waals surface area contributed by atoms with Crippen LogP contribution in [0.2, 0.25) is 0 Å². The first-order chi connectivity index (χ1) is 13.8. The van der Waals surface area contributed by atoms with Gasteiger partial charge in [0.1, 0.15) is 0 Å². The summed E-state index contributed by atoms with van der Waals surface area (Å²) in [5.74, 6) is -0.150. The Kier molecular flexibility index (Phi) is 8.26. The molecule has 0 radical (unpaired) electrons. The van der Waals surface area contributed by atoms with Gasteiger partial charge in [0, 0.05) is 23.5 Å². The van der Waals surface area contributed by atoms with Gasteiger partial charge in [-0.2, -0.15) is 0 Å². The maximum atomic E-state index is 12.6. The quantitative estimate of drug-likeness (QED) is 0.558. The van der Waals surface area contributed by atoms with Crippen molar-refractivity contribution >= 4 is 35.7 Å². The van der Waals surface area contributed by atoms with E-state index in [1.54, 1.807) is 0 Å². The third kappa shape index (κ3) is 6.47. The number of rotatable bonds is 5. The zero-order valence-electron chi connectivity index (χ0n) is 17.5. The molecule has 2 aromatic rings. The lowest BCUT2D eigenvalue weighted by atomic mass is 9.74. The van der Waals surface area contributed by atoms with Crippen LogP contribution < -0.4 is 21.7 Å². The van der Waals surface area contributed by atoms with Gasteiger partial charge in [-0.3, -0.25) is 4.79 Å². The molecule has 2 atom stereocenters. The van der Waals surface area contributed by atoms with Gasteiger partial charge in [0.2, 0.25) is 5.91 Å². The van der Waals surface area contributed by atoms with Crippen LogP contribution in [0.15, 0.2) is 48.5 Å². The van der Waals surface area contributed by atoms with Gasteiger partial charge in [0.15, 0.2) is 0 Å². The molecule has 0 aromatic heterocycles. The minimum absolute atomic E-state index is 0. The molecule has 0 heterocycles. The highest BCUT2D eigenvalue weighted by Crippen LogP contribution is 2.31. The largest absolute Gasteiger partial charge is 0.352 e. The van der Waals surface area contributed by atoms with Crippen molar-refractivity contribution in [3.63, 3.8) is 0 Å². The lowest BCUT2D eigenvalue weighted by Gasteiger charge is -2.37. The molecule has 1 fully saturated rings. The highest BCUT2D eigenvalue weighted by molar-refractivity contribution is 5.99. The molecule has 0 saturated heterocycles. The van der Waals surface area contributed by atoms with Crippen LogP contribution in [0.4, 0.5) is 16.2 Å². The summed E-state index contributed by atoms with van der Waals surface area (Å²) in [4.78, 5) is 24.9. The Bertz CT molecular complexity index is 885. The van der Waals surface area contributed by atoms with E-state index in [1.165, 1.54) is 0 Å². The van der Waals surface area contributed by atoms with Gasteiger partial charge in [-0.25, -0.2) is 4.79 Å². The first-order valence-corrected chi connectivity index (χ1v) is 10.1. The Morgan fingerprint density at radius 3 is 2.40 bits per heavy atom. The summed E-state index contributed by atoms with van der Waals surface area (Å²) in [6.45, 7) is 4.34. The van der Waals surface area contributed by atoms with E-state index in [0.29, 0.717) is 12.2 Å². The number of hydrogen-bond acceptors (Lipinski definition) is 3. The molecule has 162 valence electrons. The monoisotopic (exact) mass is 430 g/mol. The van der Waals surface area contributed by atoms with Crippen LogP contribution in [0.1, 0.15) is 43.7 Å². The fraction of sp³-hybridized carbons (Fsp3) is 0.391. The number of hydrogen-bond donors (Lipinski definition) is 4. The molecule has 0 aliphatic heterocycles. The number of anilines is 2. The van der Waals surface area contributed by atoms with Crippen LogP contribution in [0.25, 0.3) is 0 Å². The standard InChI is InChI=1S/C23H30N4O2.ClH/c1-16-7-5-9-18(13-16)26-22(29)27-19-10-6-8-17(14-19)15-25-21(28)20-11-3-4-12-23(20,2)24;/h5-10,13-14,20H,3-4,11-12,15,24H2,1-2H3,(H,25,28)(H2,26,27,29);1H. The summed E-state index contributed by atoms with van der Waals surface area (Å²) >= 11 is 0. The minimum atomic E-state index is -0.445. The highest BCUT2D eigenvalue weighted by atomic mass is 35.5. The normalized spacial score (nSPS) is 20.6. The van der Waals surface area contributed by atoms with E-state index < -0.39 is 5.54 Å². The average Bonchev–Trinajstić information content (AvgIpc) is 2.66. The third-order valence-corrected chi connectivity index (χ3v) is 5.50. The molecule has 2 aromatic carbocycles. The predicted octanol–water partition coefficient (Wildman–Crippen LogP) is 4.58. The van der Waals surface area contributed by atoms with Crippen molar-refractivity contribution in [2.75, 3.05) is 10.6 Å². The van der Waals surface area contributed by atoms with Crippen molar-refractivity contribution in [2.24, 2.45) is 11.7 Å². The van der Waals surface area contributed by atoms with Crippen LogP contribution >= 0.6 is 12.4 Å². The topological polar surface area (TPSA) is 96.2 Å². The Morgan fingerprint density at radius 2 is 1.73 bits per heavy atom. The summed E-state index contributed by atoms with van der Waals surface area (Å²) in [6.07, 6.45) is 3.83. The molecule has 1 aliphatic carbocycles. The Balaban J connectivity index is 0.00000320. The summed E-state index contributed by atoms with van der Waals surface area (Å²) in [6, 6.07) is 14.8. The number of amides is 3. The van der Waals surface area contributed by atoms with E-state index in [9.17, 15) is 9.59 Å². The molecule has 2 unspecified atom stereocenters. The first kappa shape index (κ1) is 23.7. The molecule has 0 bridgehead atoms. The summed E-state index contributed by atoms with van der Waals surface area (Å²) in [7, 11) is 0. The molecule has 30 heavy (non-hydrogen) atoms. The highest BCUT2D eigenvalue weighted by Gasteiger charge is 2.37. The van der Waals surface area contributed by atoms with Crippen molar-refractivity contribution in [3.05, 3.63) is 59.7 Å². The molecule has 1 aliphatic rings. The minimum Gasteiger partial charge on any atom is -0.352 e. The fourth-order valence-electron chi connectivity index (χ4n) is 3.88. The van der Waals surface area contributed by atoms with Gasteiger partial charge in [-0.1, -0.05) is 37.1 Å². The van der Waals surface area contributed by atoms with Crippen molar-refractivity contribution in [2.45, 2.75) is 51.6 Å². The van der Waals surface area contributed by atoms with E-state index in [0.717, 1.165) is 42.5 Å². The number of nitrogens with two attached hydrogens (primary N) is 1. The maximum absolute atomic E-state index is 12.6. The van der Waals surface area contributed by atoms with Crippen LogP contribution in [0.5, 0.6) is 0 Å². The Hall–Kier alpha value is -2.57. The Morgan fingerprint density at radius 1 is 1.07 bits per heavy atom. The van der Waals surface area contributed by atoms with Crippen LogP contribution in [0, 0.1) is 12.8 Å². The van der Waals surface area contributed by atoms with Gasteiger partial charge in [-0.15, -0.1) is 12.4 Å². The SMILES string of the molecule is Cc1cccc(NC(=O)Nc2cccc(CNC(=O)C3CCCCC3(C)N)c2)c1.Cl. The van der Waals surface area contributed by atoms with Crippen molar-refractivity contribution in [3.8, 4) is 0 Å². The van der Waals surface area contributed by atoms with Crippen LogP contribution in [-0.4, -0.2) is 17.5 Å². The average molecular weight is 431 g/mol. The number of aryl methyl sites for hydroxylation is 1. The lowest BCUT2D eigenvalue weighted by molar-refractivity contribution is -0.128. The second kappa shape index (κ2) is 10.5. The lowest BCUT2D eigenvalue weighted by Crippen LogP contribution is -2.52. The molecule has 7 heteroatoms. The number of carbonyl (C=O) groups is 2. The van der Waals surface area contributed by atoms with Crippen LogP contribution in [-0.2, 0) is 11.3 Å². The van der Waals surface area contributed by atoms with E-state index in [2.05, 4.69) is 16.0 Å². The number of halogens is 1. The van der Waals surface area contributed by atoms with E-state index in [-0.39, 0.29) is 30.3 Å². The van der Waals surface area contributed by atoms with Crippen molar-refractivity contribution < 1.29 is 9.59 Å². The molecule has 6 nitrogen and oxygen atoms in total. The zero-order valence-corrected chi connectivity index (χ0v) is 18.4. The van der Waals surface area contributed by atoms with Gasteiger partial charge in [0.25, 0.3) is 0 Å². The predicted molar refractivity (Wildman–Crippen MR) is 124 cm³/mol. The molecular formula is C23H31ClN4O2. The summed E-state index contributed by atoms with van der Waals surface area (Å²) < 4.78 is 0. The van der Waals surface area contributed by atoms with Gasteiger partial charge in [0.05, 0.1) is 5.92 Å². The van der Waals surface area contributed by atoms with Crippen LogP contribution in [0.3, 0.4) is 0 Å². The molecule has 3 rings (SSSR count). The Labute approximate surface area is 184 Å². The number of benzene rings is 2.